The van der Waals surface area contributed by atoms with Crippen molar-refractivity contribution in [3.8, 4) is 0 Å². The number of benzene rings is 1. The number of hydrogen-bond acceptors (Lipinski definition) is 5. The van der Waals surface area contributed by atoms with E-state index in [-0.39, 0.29) is 5.97 Å². The van der Waals surface area contributed by atoms with Crippen molar-refractivity contribution in [1.29, 1.82) is 0 Å². The van der Waals surface area contributed by atoms with Gasteiger partial charge in [0.15, 0.2) is 0 Å². The number of likely N-dealkylation sites (N-methyl/N-ethyl adjacent to an activating group) is 1. The van der Waals surface area contributed by atoms with E-state index in [4.69, 9.17) is 15.2 Å². The third kappa shape index (κ3) is 4.36. The number of para-hydroxylation sites is 1. The van der Waals surface area contributed by atoms with Crippen molar-refractivity contribution >= 4 is 17.3 Å². The van der Waals surface area contributed by atoms with Gasteiger partial charge in [0, 0.05) is 20.2 Å². The maximum atomic E-state index is 12.0. The lowest BCUT2D eigenvalue weighted by molar-refractivity contribution is 0.0527. The number of ether oxygens (including phenoxy) is 2. The first-order chi connectivity index (χ1) is 10.1. The second kappa shape index (κ2) is 7.31. The van der Waals surface area contributed by atoms with Gasteiger partial charge in [-0.05, 0) is 37.8 Å². The molecule has 0 unspecified atom stereocenters. The minimum atomic E-state index is -0.342. The summed E-state index contributed by atoms with van der Waals surface area (Å²) in [5.41, 5.74) is 7.82. The van der Waals surface area contributed by atoms with E-state index in [0.29, 0.717) is 36.7 Å². The SMILES string of the molecule is CCOC(=O)c1cccc(N)c1N(C)CCOCC1CC1. The standard InChI is InChI=1S/C16H24N2O3/c1-3-21-16(19)13-5-4-6-14(17)15(13)18(2)9-10-20-11-12-7-8-12/h4-6,12H,3,7-11,17H2,1-2H3. The van der Waals surface area contributed by atoms with Crippen LogP contribution in [-0.4, -0.2) is 39.4 Å². The predicted octanol–water partition coefficient (Wildman–Crippen LogP) is 2.31. The minimum absolute atomic E-state index is 0.342. The molecule has 2 N–H and O–H groups in total. The second-order valence-corrected chi connectivity index (χ2v) is 5.40. The first-order valence-electron chi connectivity index (χ1n) is 7.48. The lowest BCUT2D eigenvalue weighted by atomic mass is 10.1. The maximum Gasteiger partial charge on any atom is 0.340 e. The minimum Gasteiger partial charge on any atom is -0.462 e. The number of hydrogen-bond donors (Lipinski definition) is 1. The Morgan fingerprint density at radius 2 is 2.19 bits per heavy atom. The molecule has 5 heteroatoms. The molecule has 2 rings (SSSR count). The molecule has 0 atom stereocenters. The summed E-state index contributed by atoms with van der Waals surface area (Å²) in [4.78, 5) is 14.0. The quantitative estimate of drug-likeness (QED) is 0.452. The molecule has 1 saturated carbocycles. The lowest BCUT2D eigenvalue weighted by Gasteiger charge is -2.23. The van der Waals surface area contributed by atoms with Crippen molar-refractivity contribution in [3.63, 3.8) is 0 Å². The predicted molar refractivity (Wildman–Crippen MR) is 83.6 cm³/mol. The summed E-state index contributed by atoms with van der Waals surface area (Å²) in [5.74, 6) is 0.415. The van der Waals surface area contributed by atoms with E-state index < -0.39 is 0 Å². The van der Waals surface area contributed by atoms with Crippen LogP contribution in [0.5, 0.6) is 0 Å². The molecule has 0 bridgehead atoms. The summed E-state index contributed by atoms with van der Waals surface area (Å²) in [7, 11) is 1.91. The normalized spacial score (nSPS) is 14.0. The zero-order chi connectivity index (χ0) is 15.2. The van der Waals surface area contributed by atoms with Crippen LogP contribution in [-0.2, 0) is 9.47 Å². The Morgan fingerprint density at radius 3 is 2.86 bits per heavy atom. The van der Waals surface area contributed by atoms with E-state index in [2.05, 4.69) is 0 Å². The molecule has 5 nitrogen and oxygen atoms in total. The number of carbonyl (C=O) groups is 1. The largest absolute Gasteiger partial charge is 0.462 e. The molecule has 0 saturated heterocycles. The Morgan fingerprint density at radius 1 is 1.43 bits per heavy atom. The zero-order valence-corrected chi connectivity index (χ0v) is 12.8. The van der Waals surface area contributed by atoms with Gasteiger partial charge >= 0.3 is 5.97 Å². The van der Waals surface area contributed by atoms with Crippen LogP contribution in [0, 0.1) is 5.92 Å². The Kier molecular flexibility index (Phi) is 5.44. The molecule has 0 aromatic heterocycles. The van der Waals surface area contributed by atoms with E-state index in [1.807, 2.05) is 11.9 Å². The number of nitrogen functional groups attached to an aromatic ring is 1. The Balaban J connectivity index is 1.99. The van der Waals surface area contributed by atoms with Crippen molar-refractivity contribution in [2.75, 3.05) is 44.0 Å². The van der Waals surface area contributed by atoms with E-state index in [9.17, 15) is 4.79 Å². The monoisotopic (exact) mass is 292 g/mol. The van der Waals surface area contributed by atoms with Gasteiger partial charge in [-0.2, -0.15) is 0 Å². The van der Waals surface area contributed by atoms with Crippen LogP contribution >= 0.6 is 0 Å². The second-order valence-electron chi connectivity index (χ2n) is 5.40. The van der Waals surface area contributed by atoms with Crippen LogP contribution in [0.2, 0.25) is 0 Å². The fourth-order valence-corrected chi connectivity index (χ4v) is 2.21. The first-order valence-corrected chi connectivity index (χ1v) is 7.48. The number of nitrogens with two attached hydrogens (primary N) is 1. The summed E-state index contributed by atoms with van der Waals surface area (Å²) in [6, 6.07) is 5.30. The van der Waals surface area contributed by atoms with Crippen molar-refractivity contribution in [2.45, 2.75) is 19.8 Å². The van der Waals surface area contributed by atoms with Crippen molar-refractivity contribution in [1.82, 2.24) is 0 Å². The molecule has 116 valence electrons. The van der Waals surface area contributed by atoms with E-state index >= 15 is 0 Å². The topological polar surface area (TPSA) is 64.8 Å². The summed E-state index contributed by atoms with van der Waals surface area (Å²) in [6.45, 7) is 4.29. The van der Waals surface area contributed by atoms with Gasteiger partial charge in [-0.1, -0.05) is 6.07 Å². The highest BCUT2D eigenvalue weighted by Crippen LogP contribution is 2.29. The molecule has 0 radical (unpaired) electrons. The van der Waals surface area contributed by atoms with Crippen LogP contribution < -0.4 is 10.6 Å². The summed E-state index contributed by atoms with van der Waals surface area (Å²) < 4.78 is 10.7. The fraction of sp³-hybridized carbons (Fsp3) is 0.562. The van der Waals surface area contributed by atoms with Gasteiger partial charge in [0.1, 0.15) is 0 Å². The average Bonchev–Trinajstić information content (AvgIpc) is 3.27. The van der Waals surface area contributed by atoms with Crippen molar-refractivity contribution in [3.05, 3.63) is 23.8 Å². The van der Waals surface area contributed by atoms with Gasteiger partial charge < -0.3 is 20.1 Å². The lowest BCUT2D eigenvalue weighted by Crippen LogP contribution is -2.26. The van der Waals surface area contributed by atoms with Crippen LogP contribution in [0.25, 0.3) is 0 Å². The Bertz CT molecular complexity index is 486. The van der Waals surface area contributed by atoms with Crippen molar-refractivity contribution < 1.29 is 14.3 Å². The fourth-order valence-electron chi connectivity index (χ4n) is 2.21. The number of esters is 1. The zero-order valence-electron chi connectivity index (χ0n) is 12.8. The van der Waals surface area contributed by atoms with Gasteiger partial charge in [0.05, 0.1) is 30.2 Å². The van der Waals surface area contributed by atoms with Crippen molar-refractivity contribution in [2.24, 2.45) is 5.92 Å². The van der Waals surface area contributed by atoms with Crippen LogP contribution in [0.1, 0.15) is 30.1 Å². The molecule has 1 fully saturated rings. The highest BCUT2D eigenvalue weighted by molar-refractivity contribution is 5.99. The molecular weight excluding hydrogens is 268 g/mol. The summed E-state index contributed by atoms with van der Waals surface area (Å²) in [5, 5.41) is 0. The highest BCUT2D eigenvalue weighted by Gasteiger charge is 2.21. The molecular formula is C16H24N2O3. The highest BCUT2D eigenvalue weighted by atomic mass is 16.5. The Labute approximate surface area is 126 Å². The summed E-state index contributed by atoms with van der Waals surface area (Å²) >= 11 is 0. The van der Waals surface area contributed by atoms with Gasteiger partial charge in [0.25, 0.3) is 0 Å². The number of nitrogens with zero attached hydrogens (tertiary/aromatic N) is 1. The van der Waals surface area contributed by atoms with Gasteiger partial charge in [-0.3, -0.25) is 0 Å². The smallest absolute Gasteiger partial charge is 0.340 e. The van der Waals surface area contributed by atoms with E-state index in [1.165, 1.54) is 12.8 Å². The third-order valence-corrected chi connectivity index (χ3v) is 3.57. The number of anilines is 2. The molecule has 1 aliphatic rings. The molecule has 0 heterocycles. The van der Waals surface area contributed by atoms with Gasteiger partial charge in [-0.15, -0.1) is 0 Å². The maximum absolute atomic E-state index is 12.0. The molecule has 0 spiro atoms. The van der Waals surface area contributed by atoms with E-state index in [1.54, 1.807) is 25.1 Å². The number of rotatable bonds is 8. The Hall–Kier alpha value is -1.75. The van der Waals surface area contributed by atoms with Gasteiger partial charge in [-0.25, -0.2) is 4.79 Å². The van der Waals surface area contributed by atoms with Gasteiger partial charge in [0.2, 0.25) is 0 Å². The molecule has 0 amide bonds. The number of carbonyl (C=O) groups excluding carboxylic acids is 1. The third-order valence-electron chi connectivity index (χ3n) is 3.57. The first kappa shape index (κ1) is 15.6. The molecule has 21 heavy (non-hydrogen) atoms. The summed E-state index contributed by atoms with van der Waals surface area (Å²) in [6.07, 6.45) is 2.57. The van der Waals surface area contributed by atoms with Crippen LogP contribution in [0.4, 0.5) is 11.4 Å². The molecule has 1 aromatic rings. The average molecular weight is 292 g/mol. The molecule has 1 aliphatic carbocycles. The van der Waals surface area contributed by atoms with Crippen LogP contribution in [0.3, 0.4) is 0 Å². The van der Waals surface area contributed by atoms with E-state index in [0.717, 1.165) is 12.5 Å². The van der Waals surface area contributed by atoms with Crippen LogP contribution in [0.15, 0.2) is 18.2 Å². The molecule has 0 aliphatic heterocycles. The molecule has 1 aromatic carbocycles.